The van der Waals surface area contributed by atoms with E-state index >= 15 is 0 Å². The Balaban J connectivity index is 1.60. The van der Waals surface area contributed by atoms with E-state index in [2.05, 4.69) is 20.2 Å². The SMILES string of the molecule is O=S1(=O)CCCCN1c1nc(-c2nnc(Cc3ccc(F)cc3)o2)c(O)c2ncccc12. The van der Waals surface area contributed by atoms with Gasteiger partial charge in [0.15, 0.2) is 17.3 Å². The van der Waals surface area contributed by atoms with Crippen molar-refractivity contribution in [3.8, 4) is 17.3 Å². The number of hydrogen-bond acceptors (Lipinski definition) is 8. The molecule has 32 heavy (non-hydrogen) atoms. The molecule has 11 heteroatoms. The quantitative estimate of drug-likeness (QED) is 0.498. The van der Waals surface area contributed by atoms with Gasteiger partial charge in [-0.3, -0.25) is 9.29 Å². The Morgan fingerprint density at radius 2 is 1.94 bits per heavy atom. The highest BCUT2D eigenvalue weighted by molar-refractivity contribution is 7.92. The summed E-state index contributed by atoms with van der Waals surface area (Å²) in [7, 11) is -3.55. The van der Waals surface area contributed by atoms with E-state index in [0.717, 1.165) is 5.56 Å². The lowest BCUT2D eigenvalue weighted by Gasteiger charge is -2.28. The van der Waals surface area contributed by atoms with Gasteiger partial charge in [-0.25, -0.2) is 17.8 Å². The Labute approximate surface area is 182 Å². The number of anilines is 1. The first-order chi connectivity index (χ1) is 15.4. The summed E-state index contributed by atoms with van der Waals surface area (Å²) in [5.41, 5.74) is 0.899. The average molecular weight is 455 g/mol. The molecule has 4 heterocycles. The third kappa shape index (κ3) is 3.64. The van der Waals surface area contributed by atoms with Gasteiger partial charge in [0, 0.05) is 18.1 Å². The first-order valence-corrected chi connectivity index (χ1v) is 11.6. The van der Waals surface area contributed by atoms with Gasteiger partial charge in [-0.1, -0.05) is 12.1 Å². The van der Waals surface area contributed by atoms with Gasteiger partial charge in [0.25, 0.3) is 5.89 Å². The van der Waals surface area contributed by atoms with Crippen molar-refractivity contribution in [3.05, 3.63) is 59.9 Å². The largest absolute Gasteiger partial charge is 0.504 e. The van der Waals surface area contributed by atoms with E-state index in [-0.39, 0.29) is 59.1 Å². The van der Waals surface area contributed by atoms with E-state index in [1.54, 1.807) is 24.3 Å². The number of nitrogens with zero attached hydrogens (tertiary/aromatic N) is 5. The summed E-state index contributed by atoms with van der Waals surface area (Å²) in [6, 6.07) is 9.19. The molecule has 0 atom stereocenters. The fourth-order valence-electron chi connectivity index (χ4n) is 3.67. The number of pyridine rings is 2. The number of sulfonamides is 1. The monoisotopic (exact) mass is 455 g/mol. The predicted molar refractivity (Wildman–Crippen MR) is 114 cm³/mol. The molecule has 1 saturated heterocycles. The van der Waals surface area contributed by atoms with Crippen molar-refractivity contribution in [2.24, 2.45) is 0 Å². The molecule has 164 valence electrons. The van der Waals surface area contributed by atoms with Crippen LogP contribution < -0.4 is 4.31 Å². The zero-order chi connectivity index (χ0) is 22.3. The lowest BCUT2D eigenvalue weighted by Crippen LogP contribution is -2.38. The molecule has 1 aliphatic heterocycles. The molecule has 0 spiro atoms. The van der Waals surface area contributed by atoms with Crippen LogP contribution in [0.5, 0.6) is 5.75 Å². The fraction of sp³-hybridized carbons (Fsp3) is 0.238. The van der Waals surface area contributed by atoms with Crippen LogP contribution in [0.2, 0.25) is 0 Å². The highest BCUT2D eigenvalue weighted by Crippen LogP contribution is 2.38. The Morgan fingerprint density at radius 1 is 1.12 bits per heavy atom. The van der Waals surface area contributed by atoms with Gasteiger partial charge in [-0.2, -0.15) is 0 Å². The molecule has 3 aromatic heterocycles. The number of halogens is 1. The normalized spacial score (nSPS) is 15.8. The maximum absolute atomic E-state index is 13.1. The summed E-state index contributed by atoms with van der Waals surface area (Å²) < 4.78 is 45.5. The van der Waals surface area contributed by atoms with Crippen LogP contribution >= 0.6 is 0 Å². The molecule has 0 bridgehead atoms. The second kappa shape index (κ2) is 7.83. The zero-order valence-corrected chi connectivity index (χ0v) is 17.6. The van der Waals surface area contributed by atoms with Gasteiger partial charge >= 0.3 is 0 Å². The lowest BCUT2D eigenvalue weighted by molar-refractivity contribution is 0.471. The molecular formula is C21H18FN5O4S. The Morgan fingerprint density at radius 3 is 2.72 bits per heavy atom. The summed E-state index contributed by atoms with van der Waals surface area (Å²) in [4.78, 5) is 8.65. The number of aromatic hydroxyl groups is 1. The van der Waals surface area contributed by atoms with Gasteiger partial charge in [-0.15, -0.1) is 10.2 Å². The van der Waals surface area contributed by atoms with Crippen molar-refractivity contribution in [2.45, 2.75) is 19.3 Å². The van der Waals surface area contributed by atoms with Gasteiger partial charge in [0.05, 0.1) is 12.2 Å². The molecule has 0 aliphatic carbocycles. The number of rotatable bonds is 4. The van der Waals surface area contributed by atoms with Crippen LogP contribution in [-0.2, 0) is 16.4 Å². The molecule has 1 aromatic carbocycles. The van der Waals surface area contributed by atoms with Crippen molar-refractivity contribution in [2.75, 3.05) is 16.6 Å². The number of aromatic nitrogens is 4. The van der Waals surface area contributed by atoms with Crippen LogP contribution in [0.1, 0.15) is 24.3 Å². The maximum Gasteiger partial charge on any atom is 0.270 e. The standard InChI is InChI=1S/C21H18FN5O4S/c22-14-7-5-13(6-8-14)12-16-25-26-21(31-16)18-19(28)17-15(4-3-9-23-17)20(24-18)27-10-1-2-11-32(27,29)30/h3-9,28H,1-2,10-12H2. The third-order valence-corrected chi connectivity index (χ3v) is 7.07. The molecule has 0 radical (unpaired) electrons. The lowest BCUT2D eigenvalue weighted by atomic mass is 10.1. The molecule has 5 rings (SSSR count). The molecule has 0 unspecified atom stereocenters. The van der Waals surface area contributed by atoms with Crippen molar-refractivity contribution in [1.82, 2.24) is 20.2 Å². The number of hydrogen-bond donors (Lipinski definition) is 1. The molecule has 0 saturated carbocycles. The van der Waals surface area contributed by atoms with E-state index in [9.17, 15) is 17.9 Å². The van der Waals surface area contributed by atoms with Crippen LogP contribution in [0.15, 0.2) is 47.0 Å². The minimum atomic E-state index is -3.55. The molecule has 4 aromatic rings. The van der Waals surface area contributed by atoms with E-state index in [1.165, 1.54) is 22.6 Å². The van der Waals surface area contributed by atoms with E-state index in [4.69, 9.17) is 4.42 Å². The van der Waals surface area contributed by atoms with Crippen LogP contribution in [0.4, 0.5) is 10.2 Å². The summed E-state index contributed by atoms with van der Waals surface area (Å²) >= 11 is 0. The highest BCUT2D eigenvalue weighted by atomic mass is 32.2. The third-order valence-electron chi connectivity index (χ3n) is 5.24. The predicted octanol–water partition coefficient (Wildman–Crippen LogP) is 3.05. The number of fused-ring (bicyclic) bond motifs is 1. The van der Waals surface area contributed by atoms with Gasteiger partial charge in [0.1, 0.15) is 11.3 Å². The molecule has 1 fully saturated rings. The van der Waals surface area contributed by atoms with Crippen LogP contribution in [0.25, 0.3) is 22.5 Å². The van der Waals surface area contributed by atoms with Crippen molar-refractivity contribution >= 4 is 26.7 Å². The number of benzene rings is 1. The van der Waals surface area contributed by atoms with E-state index in [1.807, 2.05) is 0 Å². The average Bonchev–Trinajstić information content (AvgIpc) is 3.24. The van der Waals surface area contributed by atoms with Crippen LogP contribution in [-0.4, -0.2) is 46.0 Å². The van der Waals surface area contributed by atoms with Crippen LogP contribution in [0, 0.1) is 5.82 Å². The molecule has 9 nitrogen and oxygen atoms in total. The second-order valence-electron chi connectivity index (χ2n) is 7.43. The van der Waals surface area contributed by atoms with E-state index < -0.39 is 10.0 Å². The molecule has 0 amide bonds. The first kappa shape index (κ1) is 20.3. The van der Waals surface area contributed by atoms with Gasteiger partial charge < -0.3 is 9.52 Å². The van der Waals surface area contributed by atoms with Crippen molar-refractivity contribution < 1.29 is 22.3 Å². The second-order valence-corrected chi connectivity index (χ2v) is 9.44. The Hall–Kier alpha value is -3.60. The van der Waals surface area contributed by atoms with Crippen LogP contribution in [0.3, 0.4) is 0 Å². The minimum Gasteiger partial charge on any atom is -0.504 e. The zero-order valence-electron chi connectivity index (χ0n) is 16.8. The summed E-state index contributed by atoms with van der Waals surface area (Å²) in [6.45, 7) is 0.281. The summed E-state index contributed by atoms with van der Waals surface area (Å²) in [5, 5.41) is 19.2. The highest BCUT2D eigenvalue weighted by Gasteiger charge is 2.31. The minimum absolute atomic E-state index is 0.0228. The van der Waals surface area contributed by atoms with E-state index in [0.29, 0.717) is 18.2 Å². The maximum atomic E-state index is 13.1. The summed E-state index contributed by atoms with van der Waals surface area (Å²) in [5.74, 6) is -0.272. The first-order valence-electron chi connectivity index (χ1n) is 9.98. The fourth-order valence-corrected chi connectivity index (χ4v) is 5.27. The summed E-state index contributed by atoms with van der Waals surface area (Å²) in [6.07, 6.45) is 3.03. The van der Waals surface area contributed by atoms with Gasteiger partial charge in [-0.05, 0) is 42.7 Å². The van der Waals surface area contributed by atoms with Crippen molar-refractivity contribution in [1.29, 1.82) is 0 Å². The molecule has 1 N–H and O–H groups in total. The topological polar surface area (TPSA) is 122 Å². The molecule has 1 aliphatic rings. The molecular weight excluding hydrogens is 437 g/mol. The van der Waals surface area contributed by atoms with Gasteiger partial charge in [0.2, 0.25) is 15.9 Å². The van der Waals surface area contributed by atoms with Crippen molar-refractivity contribution in [3.63, 3.8) is 0 Å². The smallest absolute Gasteiger partial charge is 0.270 e. The Kier molecular flexibility index (Phi) is 4.97. The Bertz CT molecular complexity index is 1410.